The van der Waals surface area contributed by atoms with Crippen molar-refractivity contribution in [3.05, 3.63) is 73.3 Å². The first-order chi connectivity index (χ1) is 17.9. The van der Waals surface area contributed by atoms with E-state index in [0.717, 1.165) is 22.3 Å². The molecule has 0 saturated carbocycles. The normalized spacial score (nSPS) is 15.0. The predicted octanol–water partition coefficient (Wildman–Crippen LogP) is 3.15. The third-order valence-electron chi connectivity index (χ3n) is 6.62. The molecule has 0 aliphatic carbocycles. The van der Waals surface area contributed by atoms with E-state index in [9.17, 15) is 13.2 Å². The molecule has 4 aromatic rings. The summed E-state index contributed by atoms with van der Waals surface area (Å²) in [5.74, 6) is 1.01. The molecule has 0 spiro atoms. The van der Waals surface area contributed by atoms with Gasteiger partial charge in [-0.15, -0.1) is 0 Å². The number of carbonyl (C=O) groups is 1. The minimum atomic E-state index is -3.76. The summed E-state index contributed by atoms with van der Waals surface area (Å²) >= 11 is 0. The Kier molecular flexibility index (Phi) is 6.70. The van der Waals surface area contributed by atoms with E-state index in [1.54, 1.807) is 31.4 Å². The van der Waals surface area contributed by atoms with Crippen LogP contribution < -0.4 is 14.4 Å². The van der Waals surface area contributed by atoms with Crippen LogP contribution in [-0.4, -0.2) is 67.0 Å². The van der Waals surface area contributed by atoms with Crippen LogP contribution in [0.5, 0.6) is 5.75 Å². The monoisotopic (exact) mass is 520 g/mol. The first kappa shape index (κ1) is 24.6. The molecule has 1 aliphatic rings. The van der Waals surface area contributed by atoms with Crippen molar-refractivity contribution in [2.45, 2.75) is 17.9 Å². The minimum absolute atomic E-state index is 0.0558. The molecule has 2 aromatic carbocycles. The van der Waals surface area contributed by atoms with Crippen LogP contribution in [0.2, 0.25) is 0 Å². The molecular formula is C26H28N6O4S. The van der Waals surface area contributed by atoms with Crippen LogP contribution in [0.1, 0.15) is 13.0 Å². The summed E-state index contributed by atoms with van der Waals surface area (Å²) in [5, 5.41) is 1.03. The molecule has 0 radical (unpaired) electrons. The van der Waals surface area contributed by atoms with Gasteiger partial charge in [-0.3, -0.25) is 9.52 Å². The van der Waals surface area contributed by atoms with Gasteiger partial charge in [0, 0.05) is 49.6 Å². The first-order valence-corrected chi connectivity index (χ1v) is 13.4. The molecule has 5 rings (SSSR count). The number of nitrogens with one attached hydrogen (secondary N) is 1. The van der Waals surface area contributed by atoms with Gasteiger partial charge in [-0.25, -0.2) is 18.4 Å². The molecule has 1 saturated heterocycles. The number of benzene rings is 2. The highest BCUT2D eigenvalue weighted by Gasteiger charge is 2.27. The lowest BCUT2D eigenvalue weighted by Crippen LogP contribution is -2.50. The van der Waals surface area contributed by atoms with E-state index in [4.69, 9.17) is 4.74 Å². The van der Waals surface area contributed by atoms with Crippen molar-refractivity contribution in [2.75, 3.05) is 42.9 Å². The van der Waals surface area contributed by atoms with Gasteiger partial charge in [-0.2, -0.15) is 0 Å². The Hall–Kier alpha value is -4.12. The Morgan fingerprint density at radius 2 is 1.78 bits per heavy atom. The Morgan fingerprint density at radius 3 is 2.46 bits per heavy atom. The van der Waals surface area contributed by atoms with Crippen LogP contribution in [0.4, 0.5) is 11.5 Å². The van der Waals surface area contributed by atoms with Gasteiger partial charge in [0.2, 0.25) is 5.91 Å². The lowest BCUT2D eigenvalue weighted by atomic mass is 10.2. The van der Waals surface area contributed by atoms with Crippen LogP contribution in [0.25, 0.3) is 10.9 Å². The molecule has 37 heavy (non-hydrogen) atoms. The number of hydrogen-bond donors (Lipinski definition) is 1. The highest BCUT2D eigenvalue weighted by molar-refractivity contribution is 7.92. The number of ether oxygens (including phenoxy) is 1. The van der Waals surface area contributed by atoms with Crippen LogP contribution in [0.3, 0.4) is 0 Å². The van der Waals surface area contributed by atoms with Crippen LogP contribution in [0.15, 0.2) is 78.2 Å². The van der Waals surface area contributed by atoms with E-state index < -0.39 is 10.0 Å². The van der Waals surface area contributed by atoms with Gasteiger partial charge in [0.15, 0.2) is 0 Å². The third-order valence-corrected chi connectivity index (χ3v) is 7.99. The summed E-state index contributed by atoms with van der Waals surface area (Å²) in [7, 11) is -2.12. The molecular weight excluding hydrogens is 492 g/mol. The molecule has 192 valence electrons. The van der Waals surface area contributed by atoms with Crippen molar-refractivity contribution >= 4 is 38.3 Å². The first-order valence-electron chi connectivity index (χ1n) is 11.9. The summed E-state index contributed by atoms with van der Waals surface area (Å²) in [4.78, 5) is 25.2. The van der Waals surface area contributed by atoms with Crippen molar-refractivity contribution in [3.8, 4) is 5.75 Å². The number of sulfonamides is 1. The number of nitrogens with zero attached hydrogens (tertiary/aromatic N) is 5. The predicted molar refractivity (Wildman–Crippen MR) is 141 cm³/mol. The van der Waals surface area contributed by atoms with Gasteiger partial charge in [0.1, 0.15) is 23.9 Å². The van der Waals surface area contributed by atoms with E-state index >= 15 is 0 Å². The van der Waals surface area contributed by atoms with Crippen LogP contribution in [-0.2, 0) is 14.8 Å². The van der Waals surface area contributed by atoms with Crippen LogP contribution in [0, 0.1) is 0 Å². The summed E-state index contributed by atoms with van der Waals surface area (Å²) in [6.07, 6.45) is 4.68. The molecule has 1 N–H and O–H groups in total. The number of methoxy groups -OCH3 is 1. The topological polar surface area (TPSA) is 110 Å². The number of carbonyl (C=O) groups excluding carboxylic acids is 1. The van der Waals surface area contributed by atoms with Crippen molar-refractivity contribution in [3.63, 3.8) is 0 Å². The van der Waals surface area contributed by atoms with Gasteiger partial charge in [-0.1, -0.05) is 12.1 Å². The molecule has 3 heterocycles. The van der Waals surface area contributed by atoms with Crippen molar-refractivity contribution < 1.29 is 17.9 Å². The summed E-state index contributed by atoms with van der Waals surface area (Å²) in [6.45, 7) is 4.37. The highest BCUT2D eigenvalue weighted by atomic mass is 32.2. The average molecular weight is 521 g/mol. The second-order valence-corrected chi connectivity index (χ2v) is 10.5. The number of para-hydroxylation sites is 1. The quantitative estimate of drug-likeness (QED) is 0.399. The van der Waals surface area contributed by atoms with E-state index in [-0.39, 0.29) is 22.7 Å². The molecule has 1 aliphatic heterocycles. The fourth-order valence-electron chi connectivity index (χ4n) is 4.62. The Morgan fingerprint density at radius 1 is 1.03 bits per heavy atom. The fraction of sp³-hybridized carbons (Fsp3) is 0.269. The largest absolute Gasteiger partial charge is 0.495 e. The fourth-order valence-corrected chi connectivity index (χ4v) is 5.63. The van der Waals surface area contributed by atoms with Crippen molar-refractivity contribution in [2.24, 2.45) is 0 Å². The Labute approximate surface area is 215 Å². The SMILES string of the molecule is COc1cccc2ccn(C(C)C(=O)N3CCN(c4ccc(S(=O)(=O)Nc5ccncn5)cc4)CC3)c12. The number of fused-ring (bicyclic) bond motifs is 1. The Balaban J connectivity index is 1.23. The molecule has 11 heteroatoms. The second kappa shape index (κ2) is 10.1. The van der Waals surface area contributed by atoms with Gasteiger partial charge in [-0.05, 0) is 49.4 Å². The lowest BCUT2D eigenvalue weighted by molar-refractivity contribution is -0.134. The summed E-state index contributed by atoms with van der Waals surface area (Å²) in [6, 6.07) is 15.7. The number of hydrogen-bond acceptors (Lipinski definition) is 7. The molecule has 1 amide bonds. The zero-order valence-electron chi connectivity index (χ0n) is 20.6. The van der Waals surface area contributed by atoms with E-state index in [2.05, 4.69) is 19.6 Å². The standard InChI is InChI=1S/C26H28N6O4S/c1-19(32-13-11-20-4-3-5-23(36-2)25(20)32)26(33)31-16-14-30(15-17-31)21-6-8-22(9-7-21)37(34,35)29-24-10-12-27-18-28-24/h3-13,18-19H,14-17H2,1-2H3,(H,27,28,29). The summed E-state index contributed by atoms with van der Waals surface area (Å²) < 4.78 is 35.2. The highest BCUT2D eigenvalue weighted by Crippen LogP contribution is 2.30. The molecule has 2 aromatic heterocycles. The zero-order valence-corrected chi connectivity index (χ0v) is 21.4. The number of rotatable bonds is 7. The van der Waals surface area contributed by atoms with Crippen molar-refractivity contribution in [1.82, 2.24) is 19.4 Å². The molecule has 1 fully saturated rings. The number of amides is 1. The maximum Gasteiger partial charge on any atom is 0.263 e. The lowest BCUT2D eigenvalue weighted by Gasteiger charge is -2.37. The van der Waals surface area contributed by atoms with Gasteiger partial charge < -0.3 is 19.1 Å². The maximum atomic E-state index is 13.4. The van der Waals surface area contributed by atoms with Gasteiger partial charge >= 0.3 is 0 Å². The van der Waals surface area contributed by atoms with E-state index in [0.29, 0.717) is 26.2 Å². The molecule has 1 unspecified atom stereocenters. The van der Waals surface area contributed by atoms with Gasteiger partial charge in [0.05, 0.1) is 17.5 Å². The molecule has 10 nitrogen and oxygen atoms in total. The van der Waals surface area contributed by atoms with Gasteiger partial charge in [0.25, 0.3) is 10.0 Å². The van der Waals surface area contributed by atoms with Crippen LogP contribution >= 0.6 is 0 Å². The van der Waals surface area contributed by atoms with Crippen molar-refractivity contribution in [1.29, 1.82) is 0 Å². The zero-order chi connectivity index (χ0) is 26.0. The average Bonchev–Trinajstić information content (AvgIpc) is 3.37. The minimum Gasteiger partial charge on any atom is -0.495 e. The maximum absolute atomic E-state index is 13.4. The number of piperazine rings is 1. The van der Waals surface area contributed by atoms with E-state index in [1.807, 2.05) is 46.9 Å². The third kappa shape index (κ3) is 4.94. The molecule has 1 atom stereocenters. The van der Waals surface area contributed by atoms with E-state index in [1.165, 1.54) is 18.6 Å². The summed E-state index contributed by atoms with van der Waals surface area (Å²) in [5.41, 5.74) is 1.82. The smallest absolute Gasteiger partial charge is 0.263 e. The number of anilines is 2. The molecule has 0 bridgehead atoms. The Bertz CT molecular complexity index is 1500. The second-order valence-electron chi connectivity index (χ2n) is 8.80. The number of aromatic nitrogens is 3.